The number of nitrogens with zero attached hydrogens (tertiary/aromatic N) is 1. The summed E-state index contributed by atoms with van der Waals surface area (Å²) in [5.41, 5.74) is 1.54. The highest BCUT2D eigenvalue weighted by molar-refractivity contribution is 9.10. The monoisotopic (exact) mass is 312 g/mol. The quantitative estimate of drug-likeness (QED) is 0.867. The van der Waals surface area contributed by atoms with Gasteiger partial charge in [-0.05, 0) is 58.6 Å². The number of rotatable bonds is 6. The molecule has 1 aromatic rings. The van der Waals surface area contributed by atoms with Crippen LogP contribution in [0, 0.1) is 0 Å². The SMILES string of the molecule is CCC(C)(C(Cc1ccc(Br)cc1)NC)N(C)C. The van der Waals surface area contributed by atoms with E-state index < -0.39 is 0 Å². The fraction of sp³-hybridized carbons (Fsp3) is 0.600. The Hall–Kier alpha value is -0.380. The van der Waals surface area contributed by atoms with Gasteiger partial charge in [0.1, 0.15) is 0 Å². The van der Waals surface area contributed by atoms with Gasteiger partial charge in [0.05, 0.1) is 0 Å². The molecule has 0 spiro atoms. The predicted octanol–water partition coefficient (Wildman–Crippen LogP) is 3.31. The Morgan fingerprint density at radius 3 is 2.22 bits per heavy atom. The van der Waals surface area contributed by atoms with Crippen LogP contribution in [0.1, 0.15) is 25.8 Å². The van der Waals surface area contributed by atoms with E-state index in [0.717, 1.165) is 17.3 Å². The topological polar surface area (TPSA) is 15.3 Å². The van der Waals surface area contributed by atoms with Crippen LogP contribution in [0.15, 0.2) is 28.7 Å². The van der Waals surface area contributed by atoms with Crippen molar-refractivity contribution in [1.29, 1.82) is 0 Å². The van der Waals surface area contributed by atoms with Crippen molar-refractivity contribution in [3.8, 4) is 0 Å². The first-order valence-electron chi connectivity index (χ1n) is 6.53. The van der Waals surface area contributed by atoms with E-state index in [9.17, 15) is 0 Å². The van der Waals surface area contributed by atoms with E-state index in [1.807, 2.05) is 0 Å². The molecule has 0 bridgehead atoms. The summed E-state index contributed by atoms with van der Waals surface area (Å²) in [6.07, 6.45) is 2.17. The van der Waals surface area contributed by atoms with Crippen LogP contribution in [-0.4, -0.2) is 37.6 Å². The predicted molar refractivity (Wildman–Crippen MR) is 83.1 cm³/mol. The Morgan fingerprint density at radius 1 is 1.28 bits per heavy atom. The van der Waals surface area contributed by atoms with Gasteiger partial charge in [-0.3, -0.25) is 0 Å². The number of benzene rings is 1. The second kappa shape index (κ2) is 6.69. The van der Waals surface area contributed by atoms with Gasteiger partial charge >= 0.3 is 0 Å². The lowest BCUT2D eigenvalue weighted by molar-refractivity contribution is 0.116. The van der Waals surface area contributed by atoms with Gasteiger partial charge in [-0.1, -0.05) is 35.0 Å². The maximum atomic E-state index is 3.48. The third-order valence-corrected chi connectivity index (χ3v) is 4.72. The van der Waals surface area contributed by atoms with Crippen molar-refractivity contribution in [2.75, 3.05) is 21.1 Å². The van der Waals surface area contributed by atoms with Crippen LogP contribution in [0.4, 0.5) is 0 Å². The highest BCUT2D eigenvalue weighted by Gasteiger charge is 2.33. The van der Waals surface area contributed by atoms with Crippen molar-refractivity contribution in [3.63, 3.8) is 0 Å². The fourth-order valence-electron chi connectivity index (χ4n) is 2.36. The first-order valence-corrected chi connectivity index (χ1v) is 7.32. The van der Waals surface area contributed by atoms with E-state index in [1.165, 1.54) is 5.56 Å². The van der Waals surface area contributed by atoms with Crippen LogP contribution >= 0.6 is 15.9 Å². The molecule has 2 atom stereocenters. The number of hydrogen-bond donors (Lipinski definition) is 1. The molecule has 0 amide bonds. The molecule has 0 aliphatic heterocycles. The summed E-state index contributed by atoms with van der Waals surface area (Å²) in [5.74, 6) is 0. The van der Waals surface area contributed by atoms with E-state index >= 15 is 0 Å². The Kier molecular flexibility index (Phi) is 5.83. The lowest BCUT2D eigenvalue weighted by Gasteiger charge is -2.42. The highest BCUT2D eigenvalue weighted by atomic mass is 79.9. The zero-order chi connectivity index (χ0) is 13.8. The Labute approximate surface area is 120 Å². The lowest BCUT2D eigenvalue weighted by atomic mass is 9.84. The van der Waals surface area contributed by atoms with Gasteiger partial charge in [0.25, 0.3) is 0 Å². The fourth-order valence-corrected chi connectivity index (χ4v) is 2.63. The second-order valence-electron chi connectivity index (χ2n) is 5.28. The molecule has 0 saturated heterocycles. The van der Waals surface area contributed by atoms with Crippen molar-refractivity contribution in [2.45, 2.75) is 38.3 Å². The van der Waals surface area contributed by atoms with Crippen molar-refractivity contribution >= 4 is 15.9 Å². The molecule has 0 aliphatic carbocycles. The highest BCUT2D eigenvalue weighted by Crippen LogP contribution is 2.24. The average molecular weight is 313 g/mol. The molecular weight excluding hydrogens is 288 g/mol. The molecule has 0 aromatic heterocycles. The van der Waals surface area contributed by atoms with Gasteiger partial charge in [-0.25, -0.2) is 0 Å². The summed E-state index contributed by atoms with van der Waals surface area (Å²) in [7, 11) is 6.38. The zero-order valence-electron chi connectivity index (χ0n) is 12.1. The van der Waals surface area contributed by atoms with E-state index in [2.05, 4.69) is 85.4 Å². The normalized spacial score (nSPS) is 16.6. The molecule has 102 valence electrons. The van der Waals surface area contributed by atoms with Crippen LogP contribution in [0.25, 0.3) is 0 Å². The summed E-state index contributed by atoms with van der Waals surface area (Å²) >= 11 is 3.48. The van der Waals surface area contributed by atoms with Crippen molar-refractivity contribution in [2.24, 2.45) is 0 Å². The van der Waals surface area contributed by atoms with E-state index in [4.69, 9.17) is 0 Å². The van der Waals surface area contributed by atoms with Crippen LogP contribution in [0.3, 0.4) is 0 Å². The molecule has 0 radical (unpaired) electrons. The Balaban J connectivity index is 2.87. The second-order valence-corrected chi connectivity index (χ2v) is 6.19. The minimum atomic E-state index is 0.168. The summed E-state index contributed by atoms with van der Waals surface area (Å²) in [6, 6.07) is 9.06. The first kappa shape index (κ1) is 15.7. The molecule has 18 heavy (non-hydrogen) atoms. The minimum absolute atomic E-state index is 0.168. The van der Waals surface area contributed by atoms with E-state index in [0.29, 0.717) is 6.04 Å². The molecule has 2 nitrogen and oxygen atoms in total. The number of likely N-dealkylation sites (N-methyl/N-ethyl adjacent to an activating group) is 2. The smallest absolute Gasteiger partial charge is 0.0328 e. The molecule has 1 N–H and O–H groups in total. The van der Waals surface area contributed by atoms with Gasteiger partial charge in [0.2, 0.25) is 0 Å². The summed E-state index contributed by atoms with van der Waals surface area (Å²) in [4.78, 5) is 2.33. The minimum Gasteiger partial charge on any atom is -0.315 e. The number of hydrogen-bond acceptors (Lipinski definition) is 2. The average Bonchev–Trinajstić information content (AvgIpc) is 2.37. The summed E-state index contributed by atoms with van der Waals surface area (Å²) in [6.45, 7) is 4.58. The largest absolute Gasteiger partial charge is 0.315 e. The first-order chi connectivity index (χ1) is 8.43. The zero-order valence-corrected chi connectivity index (χ0v) is 13.7. The molecule has 1 aromatic carbocycles. The van der Waals surface area contributed by atoms with Gasteiger partial charge in [0.15, 0.2) is 0 Å². The third-order valence-electron chi connectivity index (χ3n) is 4.19. The Bertz CT molecular complexity index is 361. The van der Waals surface area contributed by atoms with E-state index in [-0.39, 0.29) is 5.54 Å². The molecule has 1 rings (SSSR count). The molecule has 0 fully saturated rings. The number of nitrogens with one attached hydrogen (secondary N) is 1. The summed E-state index contributed by atoms with van der Waals surface area (Å²) < 4.78 is 1.14. The van der Waals surface area contributed by atoms with Crippen LogP contribution in [0.2, 0.25) is 0 Å². The standard InChI is InChI=1S/C15H25BrN2/c1-6-15(2,18(4)5)14(17-3)11-12-7-9-13(16)10-8-12/h7-10,14,17H,6,11H2,1-5H3. The van der Waals surface area contributed by atoms with E-state index in [1.54, 1.807) is 0 Å². The number of halogens is 1. The lowest BCUT2D eigenvalue weighted by Crippen LogP contribution is -2.56. The van der Waals surface area contributed by atoms with Gasteiger partial charge in [-0.2, -0.15) is 0 Å². The van der Waals surface area contributed by atoms with Crippen LogP contribution in [-0.2, 0) is 6.42 Å². The maximum Gasteiger partial charge on any atom is 0.0328 e. The van der Waals surface area contributed by atoms with Crippen LogP contribution in [0.5, 0.6) is 0 Å². The molecule has 0 heterocycles. The van der Waals surface area contributed by atoms with Crippen molar-refractivity contribution in [3.05, 3.63) is 34.3 Å². The van der Waals surface area contributed by atoms with Gasteiger partial charge < -0.3 is 10.2 Å². The molecule has 3 heteroatoms. The molecule has 2 unspecified atom stereocenters. The third kappa shape index (κ3) is 3.56. The van der Waals surface area contributed by atoms with Crippen LogP contribution < -0.4 is 5.32 Å². The molecule has 0 aliphatic rings. The van der Waals surface area contributed by atoms with Crippen molar-refractivity contribution < 1.29 is 0 Å². The summed E-state index contributed by atoms with van der Waals surface area (Å²) in [5, 5.41) is 3.48. The Morgan fingerprint density at radius 2 is 1.83 bits per heavy atom. The van der Waals surface area contributed by atoms with Crippen molar-refractivity contribution in [1.82, 2.24) is 10.2 Å². The van der Waals surface area contributed by atoms with Gasteiger partial charge in [0, 0.05) is 16.1 Å². The maximum absolute atomic E-state index is 3.48. The van der Waals surface area contributed by atoms with Gasteiger partial charge in [-0.15, -0.1) is 0 Å². The molecular formula is C15H25BrN2. The molecule has 0 saturated carbocycles.